The summed E-state index contributed by atoms with van der Waals surface area (Å²) in [6, 6.07) is 5.19. The lowest BCUT2D eigenvalue weighted by atomic mass is 9.94. The van der Waals surface area contributed by atoms with Crippen LogP contribution in [0.3, 0.4) is 0 Å². The Balaban J connectivity index is 3.26. The van der Waals surface area contributed by atoms with Crippen molar-refractivity contribution in [2.24, 2.45) is 5.73 Å². The van der Waals surface area contributed by atoms with Crippen molar-refractivity contribution in [3.63, 3.8) is 0 Å². The highest BCUT2D eigenvalue weighted by molar-refractivity contribution is 5.41. The quantitative estimate of drug-likeness (QED) is 0.682. The minimum Gasteiger partial charge on any atom is -0.507 e. The molecule has 68 valence electrons. The highest BCUT2D eigenvalue weighted by atomic mass is 19.1. The maximum absolute atomic E-state index is 12.6. The van der Waals surface area contributed by atoms with Crippen LogP contribution in [0.5, 0.6) is 5.75 Å². The van der Waals surface area contributed by atoms with Crippen molar-refractivity contribution < 1.29 is 9.50 Å². The van der Waals surface area contributed by atoms with Crippen LogP contribution in [0.1, 0.15) is 12.5 Å². The third kappa shape index (κ3) is 1.76. The summed E-state index contributed by atoms with van der Waals surface area (Å²) < 4.78 is 12.6. The molecular formula is C9H9FN2O. The lowest BCUT2D eigenvalue weighted by Gasteiger charge is -2.16. The largest absolute Gasteiger partial charge is 0.507 e. The van der Waals surface area contributed by atoms with Gasteiger partial charge < -0.3 is 10.8 Å². The molecule has 13 heavy (non-hydrogen) atoms. The van der Waals surface area contributed by atoms with Crippen LogP contribution >= 0.6 is 0 Å². The molecule has 0 saturated carbocycles. The Bertz CT molecular complexity index is 368. The van der Waals surface area contributed by atoms with Gasteiger partial charge in [0.2, 0.25) is 0 Å². The molecule has 3 nitrogen and oxygen atoms in total. The molecule has 0 saturated heterocycles. The third-order valence-electron chi connectivity index (χ3n) is 1.75. The summed E-state index contributed by atoms with van der Waals surface area (Å²) >= 11 is 0. The molecule has 0 aliphatic carbocycles. The van der Waals surface area contributed by atoms with E-state index in [9.17, 15) is 9.50 Å². The summed E-state index contributed by atoms with van der Waals surface area (Å²) in [5.41, 5.74) is 4.47. The molecule has 0 heterocycles. The average Bonchev–Trinajstić information content (AvgIpc) is 2.03. The van der Waals surface area contributed by atoms with E-state index < -0.39 is 11.4 Å². The van der Waals surface area contributed by atoms with Gasteiger partial charge in [-0.05, 0) is 19.1 Å². The van der Waals surface area contributed by atoms with Crippen molar-refractivity contribution in [1.29, 1.82) is 5.26 Å². The lowest BCUT2D eigenvalue weighted by molar-refractivity contribution is 0.448. The molecule has 4 heteroatoms. The van der Waals surface area contributed by atoms with Crippen molar-refractivity contribution >= 4 is 0 Å². The Hall–Kier alpha value is -1.60. The van der Waals surface area contributed by atoms with Crippen molar-refractivity contribution in [1.82, 2.24) is 0 Å². The predicted molar refractivity (Wildman–Crippen MR) is 45.2 cm³/mol. The van der Waals surface area contributed by atoms with Gasteiger partial charge >= 0.3 is 0 Å². The number of halogens is 1. The third-order valence-corrected chi connectivity index (χ3v) is 1.75. The van der Waals surface area contributed by atoms with Crippen LogP contribution in [0.25, 0.3) is 0 Å². The van der Waals surface area contributed by atoms with Crippen LogP contribution in [0.2, 0.25) is 0 Å². The van der Waals surface area contributed by atoms with E-state index >= 15 is 0 Å². The topological polar surface area (TPSA) is 70.0 Å². The Morgan fingerprint density at radius 3 is 2.69 bits per heavy atom. The van der Waals surface area contributed by atoms with Gasteiger partial charge in [0.25, 0.3) is 0 Å². The van der Waals surface area contributed by atoms with Gasteiger partial charge in [-0.1, -0.05) is 0 Å². The smallest absolute Gasteiger partial charge is 0.130 e. The zero-order valence-electron chi connectivity index (χ0n) is 7.08. The van der Waals surface area contributed by atoms with Gasteiger partial charge in [-0.15, -0.1) is 0 Å². The SMILES string of the molecule is C[C@](N)(C#N)c1ccc(F)cc1O. The number of benzene rings is 1. The Morgan fingerprint density at radius 1 is 1.62 bits per heavy atom. The van der Waals surface area contributed by atoms with E-state index in [0.717, 1.165) is 12.1 Å². The molecule has 0 fully saturated rings. The van der Waals surface area contributed by atoms with E-state index in [4.69, 9.17) is 11.0 Å². The second-order valence-corrected chi connectivity index (χ2v) is 2.98. The molecule has 0 spiro atoms. The zero-order chi connectivity index (χ0) is 10.1. The molecule has 0 aromatic heterocycles. The number of aromatic hydroxyl groups is 1. The fraction of sp³-hybridized carbons (Fsp3) is 0.222. The second-order valence-electron chi connectivity index (χ2n) is 2.98. The van der Waals surface area contributed by atoms with Crippen molar-refractivity contribution in [3.8, 4) is 11.8 Å². The highest BCUT2D eigenvalue weighted by Crippen LogP contribution is 2.26. The van der Waals surface area contributed by atoms with Gasteiger partial charge in [0, 0.05) is 11.6 Å². The summed E-state index contributed by atoms with van der Waals surface area (Å²) in [5, 5.41) is 17.9. The number of rotatable bonds is 1. The van der Waals surface area contributed by atoms with Gasteiger partial charge in [-0.25, -0.2) is 4.39 Å². The van der Waals surface area contributed by atoms with Crippen LogP contribution in [0, 0.1) is 17.1 Å². The molecule has 0 amide bonds. The molecule has 1 aromatic carbocycles. The molecule has 1 aromatic rings. The first-order valence-corrected chi connectivity index (χ1v) is 3.66. The van der Waals surface area contributed by atoms with E-state index in [1.165, 1.54) is 13.0 Å². The van der Waals surface area contributed by atoms with Crippen molar-refractivity contribution in [3.05, 3.63) is 29.6 Å². The summed E-state index contributed by atoms with van der Waals surface area (Å²) in [4.78, 5) is 0. The summed E-state index contributed by atoms with van der Waals surface area (Å²) in [5.74, 6) is -0.860. The monoisotopic (exact) mass is 180 g/mol. The molecule has 0 unspecified atom stereocenters. The van der Waals surface area contributed by atoms with Gasteiger partial charge in [-0.3, -0.25) is 0 Å². The first kappa shape index (κ1) is 9.49. The lowest BCUT2D eigenvalue weighted by Crippen LogP contribution is -2.30. The Labute approximate surface area is 75.2 Å². The molecule has 0 radical (unpaired) electrons. The van der Waals surface area contributed by atoms with Gasteiger partial charge in [0.05, 0.1) is 6.07 Å². The minimum absolute atomic E-state index is 0.219. The van der Waals surface area contributed by atoms with E-state index in [-0.39, 0.29) is 11.3 Å². The summed E-state index contributed by atoms with van der Waals surface area (Å²) in [7, 11) is 0. The average molecular weight is 180 g/mol. The number of phenols is 1. The van der Waals surface area contributed by atoms with Crippen LogP contribution in [0.4, 0.5) is 4.39 Å². The van der Waals surface area contributed by atoms with Crippen molar-refractivity contribution in [2.75, 3.05) is 0 Å². The fourth-order valence-electron chi connectivity index (χ4n) is 1.00. The van der Waals surface area contributed by atoms with E-state index in [0.29, 0.717) is 0 Å². The van der Waals surface area contributed by atoms with E-state index in [2.05, 4.69) is 0 Å². The number of nitriles is 1. The zero-order valence-corrected chi connectivity index (χ0v) is 7.08. The van der Waals surface area contributed by atoms with Crippen LogP contribution in [-0.4, -0.2) is 5.11 Å². The van der Waals surface area contributed by atoms with Crippen LogP contribution in [0.15, 0.2) is 18.2 Å². The number of phenolic OH excluding ortho intramolecular Hbond substituents is 1. The molecule has 3 N–H and O–H groups in total. The first-order valence-electron chi connectivity index (χ1n) is 3.66. The molecule has 0 aliphatic heterocycles. The summed E-state index contributed by atoms with van der Waals surface area (Å²) in [6.45, 7) is 1.44. The fourth-order valence-corrected chi connectivity index (χ4v) is 1.00. The molecule has 0 bridgehead atoms. The van der Waals surface area contributed by atoms with E-state index in [1.54, 1.807) is 0 Å². The summed E-state index contributed by atoms with van der Waals surface area (Å²) in [6.07, 6.45) is 0. The van der Waals surface area contributed by atoms with Gasteiger partial charge in [0.1, 0.15) is 17.1 Å². The Kier molecular flexibility index (Phi) is 2.22. The molecule has 1 rings (SSSR count). The van der Waals surface area contributed by atoms with Crippen LogP contribution in [-0.2, 0) is 5.54 Å². The van der Waals surface area contributed by atoms with Crippen molar-refractivity contribution in [2.45, 2.75) is 12.5 Å². The normalized spacial score (nSPS) is 14.6. The first-order chi connectivity index (χ1) is 5.97. The minimum atomic E-state index is -1.29. The number of hydrogen-bond acceptors (Lipinski definition) is 3. The molecule has 0 aliphatic rings. The number of nitrogens with zero attached hydrogens (tertiary/aromatic N) is 1. The Morgan fingerprint density at radius 2 is 2.23 bits per heavy atom. The molecule has 1 atom stereocenters. The van der Waals surface area contributed by atoms with E-state index in [1.807, 2.05) is 6.07 Å². The standard InChI is InChI=1S/C9H9FN2O/c1-9(12,5-11)7-3-2-6(10)4-8(7)13/h2-4,13H,12H2,1H3/t9-/m0/s1. The van der Waals surface area contributed by atoms with Crippen LogP contribution < -0.4 is 5.73 Å². The van der Waals surface area contributed by atoms with Gasteiger partial charge in [-0.2, -0.15) is 5.26 Å². The number of hydrogen-bond donors (Lipinski definition) is 2. The maximum atomic E-state index is 12.6. The van der Waals surface area contributed by atoms with Gasteiger partial charge in [0.15, 0.2) is 0 Å². The maximum Gasteiger partial charge on any atom is 0.130 e. The highest BCUT2D eigenvalue weighted by Gasteiger charge is 2.23. The molecular weight excluding hydrogens is 171 g/mol. The predicted octanol–water partition coefficient (Wildman–Crippen LogP) is 1.23. The number of nitrogens with two attached hydrogens (primary N) is 1. The second kappa shape index (κ2) is 3.04.